The van der Waals surface area contributed by atoms with Gasteiger partial charge >= 0.3 is 12.0 Å². The average molecular weight is 352 g/mol. The summed E-state index contributed by atoms with van der Waals surface area (Å²) in [6.45, 7) is 0.239. The number of methoxy groups -OCH3 is 3. The fourth-order valence-corrected chi connectivity index (χ4v) is 3.20. The van der Waals surface area contributed by atoms with E-state index in [-0.39, 0.29) is 18.6 Å². The van der Waals surface area contributed by atoms with Crippen LogP contribution in [0.4, 0.5) is 0 Å². The Bertz CT molecular complexity index is 1010. The molecular formula is C19H16N2O5. The fourth-order valence-electron chi connectivity index (χ4n) is 3.20. The van der Waals surface area contributed by atoms with Gasteiger partial charge in [-0.25, -0.2) is 14.8 Å². The van der Waals surface area contributed by atoms with Gasteiger partial charge in [-0.15, -0.1) is 0 Å². The molecule has 0 aliphatic carbocycles. The number of cyclic esters (lactones) is 1. The number of nitrogens with zero attached hydrogens (tertiary/aromatic N) is 2. The maximum Gasteiger partial charge on any atom is 0.339 e. The molecule has 3 aromatic rings. The number of fused-ring (bicyclic) bond motifs is 2. The highest BCUT2D eigenvalue weighted by Crippen LogP contribution is 2.42. The second-order valence-electron chi connectivity index (χ2n) is 5.75. The lowest BCUT2D eigenvalue weighted by Gasteiger charge is -2.14. The van der Waals surface area contributed by atoms with Crippen LogP contribution in [0.3, 0.4) is 0 Å². The zero-order valence-electron chi connectivity index (χ0n) is 14.5. The Morgan fingerprint density at radius 1 is 0.923 bits per heavy atom. The summed E-state index contributed by atoms with van der Waals surface area (Å²) in [5, 5.41) is 1.74. The van der Waals surface area contributed by atoms with Gasteiger partial charge in [0.1, 0.15) is 6.61 Å². The molecule has 0 spiro atoms. The molecule has 2 aromatic carbocycles. The Kier molecular flexibility index (Phi) is 3.84. The second-order valence-corrected chi connectivity index (χ2v) is 5.75. The third kappa shape index (κ3) is 2.40. The van der Waals surface area contributed by atoms with Crippen LogP contribution in [0, 0.1) is 0 Å². The number of ether oxygens (including phenoxy) is 4. The minimum Gasteiger partial charge on any atom is -0.493 e. The van der Waals surface area contributed by atoms with Crippen LogP contribution in [0.25, 0.3) is 21.9 Å². The van der Waals surface area contributed by atoms with Crippen molar-refractivity contribution >= 4 is 16.7 Å². The number of carbonyl (C=O) groups excluding carboxylic acids is 1. The van der Waals surface area contributed by atoms with Gasteiger partial charge in [-0.05, 0) is 29.0 Å². The summed E-state index contributed by atoms with van der Waals surface area (Å²) in [4.78, 5) is 20.7. The molecule has 0 unspecified atom stereocenters. The lowest BCUT2D eigenvalue weighted by atomic mass is 9.91. The smallest absolute Gasteiger partial charge is 0.339 e. The topological polar surface area (TPSA) is 79.8 Å². The van der Waals surface area contributed by atoms with Gasteiger partial charge in [-0.2, -0.15) is 0 Å². The van der Waals surface area contributed by atoms with E-state index in [0.717, 1.165) is 16.3 Å². The molecule has 0 saturated carbocycles. The van der Waals surface area contributed by atoms with Gasteiger partial charge in [0.2, 0.25) is 0 Å². The van der Waals surface area contributed by atoms with Crippen molar-refractivity contribution in [3.05, 3.63) is 41.7 Å². The number of hydrogen-bond donors (Lipinski definition) is 0. The van der Waals surface area contributed by atoms with Crippen molar-refractivity contribution in [1.29, 1.82) is 0 Å². The number of hydrogen-bond acceptors (Lipinski definition) is 7. The molecule has 0 N–H and O–H groups in total. The van der Waals surface area contributed by atoms with Gasteiger partial charge in [-0.3, -0.25) is 0 Å². The van der Waals surface area contributed by atoms with Crippen LogP contribution in [0.15, 0.2) is 30.6 Å². The average Bonchev–Trinajstić information content (AvgIpc) is 3.05. The minimum absolute atomic E-state index is 0.239. The molecule has 7 nitrogen and oxygen atoms in total. The first-order chi connectivity index (χ1) is 12.7. The highest BCUT2D eigenvalue weighted by atomic mass is 16.5. The third-order valence-corrected chi connectivity index (χ3v) is 4.39. The van der Waals surface area contributed by atoms with E-state index in [1.807, 2.05) is 18.2 Å². The Morgan fingerprint density at radius 2 is 1.62 bits per heavy atom. The summed E-state index contributed by atoms with van der Waals surface area (Å²) in [6, 6.07) is 5.92. The van der Waals surface area contributed by atoms with Crippen molar-refractivity contribution in [2.45, 2.75) is 6.61 Å². The molecule has 0 atom stereocenters. The number of aromatic nitrogens is 2. The van der Waals surface area contributed by atoms with Crippen LogP contribution in [-0.2, 0) is 11.3 Å². The van der Waals surface area contributed by atoms with E-state index in [1.54, 1.807) is 26.6 Å². The van der Waals surface area contributed by atoms with Gasteiger partial charge in [0, 0.05) is 29.1 Å². The predicted octanol–water partition coefficient (Wildman–Crippen LogP) is 2.99. The lowest BCUT2D eigenvalue weighted by molar-refractivity contribution is 0.0535. The molecule has 7 heteroatoms. The number of rotatable bonds is 4. The van der Waals surface area contributed by atoms with E-state index in [9.17, 15) is 4.79 Å². The van der Waals surface area contributed by atoms with E-state index >= 15 is 0 Å². The molecule has 26 heavy (non-hydrogen) atoms. The SMILES string of the molecule is COc1ncc(-c2c3c(cc4cc(OC)c(OC)cc24)COC3=O)cn1. The van der Waals surface area contributed by atoms with Gasteiger partial charge in [-0.1, -0.05) is 0 Å². The molecule has 0 fully saturated rings. The van der Waals surface area contributed by atoms with Crippen LogP contribution in [0.1, 0.15) is 15.9 Å². The largest absolute Gasteiger partial charge is 0.493 e. The van der Waals surface area contributed by atoms with E-state index in [2.05, 4.69) is 9.97 Å². The van der Waals surface area contributed by atoms with Crippen LogP contribution >= 0.6 is 0 Å². The quantitative estimate of drug-likeness (QED) is 0.668. The van der Waals surface area contributed by atoms with E-state index in [4.69, 9.17) is 18.9 Å². The summed E-state index contributed by atoms with van der Waals surface area (Å²) >= 11 is 0. The highest BCUT2D eigenvalue weighted by molar-refractivity contribution is 6.11. The van der Waals surface area contributed by atoms with Crippen LogP contribution < -0.4 is 14.2 Å². The van der Waals surface area contributed by atoms with Crippen molar-refractivity contribution in [2.24, 2.45) is 0 Å². The molecule has 1 aliphatic heterocycles. The Balaban J connectivity index is 2.07. The highest BCUT2D eigenvalue weighted by Gasteiger charge is 2.28. The summed E-state index contributed by atoms with van der Waals surface area (Å²) < 4.78 is 21.1. The second kappa shape index (κ2) is 6.18. The standard InChI is InChI=1S/C19H16N2O5/c1-23-14-5-10-4-11-9-26-18(22)17(11)16(13(10)6-15(14)24-2)12-7-20-19(25-3)21-8-12/h4-8H,9H2,1-3H3. The number of carbonyl (C=O) groups is 1. The van der Waals surface area contributed by atoms with E-state index < -0.39 is 0 Å². The minimum atomic E-state index is -0.359. The summed E-state index contributed by atoms with van der Waals surface area (Å²) in [7, 11) is 4.66. The molecule has 1 aromatic heterocycles. The van der Waals surface area contributed by atoms with Gasteiger partial charge in [0.25, 0.3) is 0 Å². The van der Waals surface area contributed by atoms with Gasteiger partial charge < -0.3 is 18.9 Å². The zero-order chi connectivity index (χ0) is 18.3. The molecule has 132 valence electrons. The first kappa shape index (κ1) is 16.1. The van der Waals surface area contributed by atoms with Crippen molar-refractivity contribution in [1.82, 2.24) is 9.97 Å². The summed E-state index contributed by atoms with van der Waals surface area (Å²) in [5.41, 5.74) is 2.75. The van der Waals surface area contributed by atoms with Crippen molar-refractivity contribution < 1.29 is 23.7 Å². The number of esters is 1. The molecule has 4 rings (SSSR count). The zero-order valence-corrected chi connectivity index (χ0v) is 14.5. The monoisotopic (exact) mass is 352 g/mol. The first-order valence-electron chi connectivity index (χ1n) is 7.91. The summed E-state index contributed by atoms with van der Waals surface area (Å²) in [6.07, 6.45) is 3.26. The number of benzene rings is 2. The third-order valence-electron chi connectivity index (χ3n) is 4.39. The van der Waals surface area contributed by atoms with Gasteiger partial charge in [0.15, 0.2) is 11.5 Å². The Morgan fingerprint density at radius 3 is 2.27 bits per heavy atom. The van der Waals surface area contributed by atoms with E-state index in [0.29, 0.717) is 28.2 Å². The lowest BCUT2D eigenvalue weighted by Crippen LogP contribution is -2.01. The normalized spacial score (nSPS) is 12.7. The Labute approximate surface area is 149 Å². The first-order valence-corrected chi connectivity index (χ1v) is 7.91. The predicted molar refractivity (Wildman–Crippen MR) is 93.7 cm³/mol. The molecule has 1 aliphatic rings. The van der Waals surface area contributed by atoms with Crippen molar-refractivity contribution in [3.8, 4) is 28.6 Å². The molecule has 2 heterocycles. The fraction of sp³-hybridized carbons (Fsp3) is 0.211. The molecule has 0 bridgehead atoms. The van der Waals surface area contributed by atoms with Gasteiger partial charge in [0.05, 0.1) is 26.9 Å². The van der Waals surface area contributed by atoms with Crippen molar-refractivity contribution in [2.75, 3.05) is 21.3 Å². The maximum atomic E-state index is 12.4. The van der Waals surface area contributed by atoms with Crippen LogP contribution in [-0.4, -0.2) is 37.3 Å². The molecule has 0 radical (unpaired) electrons. The molecular weight excluding hydrogens is 336 g/mol. The van der Waals surface area contributed by atoms with Crippen LogP contribution in [0.2, 0.25) is 0 Å². The van der Waals surface area contributed by atoms with Crippen LogP contribution in [0.5, 0.6) is 17.5 Å². The van der Waals surface area contributed by atoms with Crippen molar-refractivity contribution in [3.63, 3.8) is 0 Å². The molecule has 0 amide bonds. The maximum absolute atomic E-state index is 12.4. The molecule has 0 saturated heterocycles. The Hall–Kier alpha value is -3.35. The van der Waals surface area contributed by atoms with E-state index in [1.165, 1.54) is 7.11 Å². The summed E-state index contributed by atoms with van der Waals surface area (Å²) in [5.74, 6) is 0.826.